The van der Waals surface area contributed by atoms with Crippen molar-refractivity contribution >= 4 is 27.2 Å². The van der Waals surface area contributed by atoms with E-state index in [0.29, 0.717) is 5.39 Å². The smallest absolute Gasteiger partial charge is 0.181 e. The molecule has 3 aromatic carbocycles. The summed E-state index contributed by atoms with van der Waals surface area (Å²) in [5.41, 5.74) is 5.81. The van der Waals surface area contributed by atoms with Gasteiger partial charge in [-0.05, 0) is 34.4 Å². The second kappa shape index (κ2) is 3.28. The highest BCUT2D eigenvalue weighted by atomic mass is 16.3. The normalized spacial score (nSPS) is 11.1. The van der Waals surface area contributed by atoms with Crippen LogP contribution >= 0.6 is 0 Å². The van der Waals surface area contributed by atoms with Crippen molar-refractivity contribution in [1.82, 2.24) is 0 Å². The summed E-state index contributed by atoms with van der Waals surface area (Å²) in [5.74, 6) is -0.418. The topological polar surface area (TPSA) is 66.5 Å². The van der Waals surface area contributed by atoms with E-state index in [2.05, 4.69) is 0 Å². The Balaban J connectivity index is 2.52. The van der Waals surface area contributed by atoms with Crippen molar-refractivity contribution in [3.05, 3.63) is 42.5 Å². The fourth-order valence-corrected chi connectivity index (χ4v) is 2.08. The molecule has 0 saturated carbocycles. The van der Waals surface area contributed by atoms with Gasteiger partial charge in [-0.3, -0.25) is 0 Å². The summed E-state index contributed by atoms with van der Waals surface area (Å²) < 4.78 is 0. The van der Waals surface area contributed by atoms with Crippen LogP contribution in [0.15, 0.2) is 42.5 Å². The van der Waals surface area contributed by atoms with Gasteiger partial charge in [0.15, 0.2) is 11.5 Å². The van der Waals surface area contributed by atoms with Crippen LogP contribution in [0.2, 0.25) is 0 Å². The lowest BCUT2D eigenvalue weighted by atomic mass is 10.0. The van der Waals surface area contributed by atoms with Gasteiger partial charge < -0.3 is 15.9 Å². The zero-order valence-electron chi connectivity index (χ0n) is 9.01. The SMILES string of the molecule is Nc1cc2cc3ccccc3cc2c(O)c1O. The molecule has 0 aliphatic rings. The molecule has 3 heteroatoms. The zero-order valence-corrected chi connectivity index (χ0v) is 9.01. The molecule has 3 nitrogen and oxygen atoms in total. The molecule has 0 atom stereocenters. The minimum atomic E-state index is -0.257. The lowest BCUT2D eigenvalue weighted by molar-refractivity contribution is 0.410. The molecule has 0 heterocycles. The minimum absolute atomic E-state index is 0.161. The molecule has 0 aliphatic heterocycles. The molecule has 0 radical (unpaired) electrons. The number of nitrogen functional groups attached to an aromatic ring is 1. The number of hydrogen-bond acceptors (Lipinski definition) is 3. The van der Waals surface area contributed by atoms with Crippen LogP contribution in [0.4, 0.5) is 5.69 Å². The van der Waals surface area contributed by atoms with Crippen LogP contribution in [0.5, 0.6) is 11.5 Å². The second-order valence-electron chi connectivity index (χ2n) is 4.08. The molecule has 0 aromatic heterocycles. The molecule has 17 heavy (non-hydrogen) atoms. The Morgan fingerprint density at radius 1 is 0.765 bits per heavy atom. The quantitative estimate of drug-likeness (QED) is 0.313. The van der Waals surface area contributed by atoms with Gasteiger partial charge in [0.25, 0.3) is 0 Å². The number of benzene rings is 3. The highest BCUT2D eigenvalue weighted by Gasteiger charge is 2.10. The number of hydrogen-bond donors (Lipinski definition) is 3. The minimum Gasteiger partial charge on any atom is -0.504 e. The number of phenolic OH excluding ortho intramolecular Hbond substituents is 2. The van der Waals surface area contributed by atoms with Gasteiger partial charge in [-0.15, -0.1) is 0 Å². The van der Waals surface area contributed by atoms with Gasteiger partial charge in [0.1, 0.15) is 0 Å². The van der Waals surface area contributed by atoms with Crippen molar-refractivity contribution in [3.8, 4) is 11.5 Å². The van der Waals surface area contributed by atoms with Gasteiger partial charge in [-0.2, -0.15) is 0 Å². The fourth-order valence-electron chi connectivity index (χ4n) is 2.08. The summed E-state index contributed by atoms with van der Waals surface area (Å²) in [7, 11) is 0. The molecule has 84 valence electrons. The Hall–Kier alpha value is -2.42. The van der Waals surface area contributed by atoms with Gasteiger partial charge in [0.05, 0.1) is 5.69 Å². The van der Waals surface area contributed by atoms with Crippen LogP contribution in [0, 0.1) is 0 Å². The molecule has 0 bridgehead atoms. The van der Waals surface area contributed by atoms with Crippen LogP contribution in [-0.2, 0) is 0 Å². The molecule has 0 fully saturated rings. The van der Waals surface area contributed by atoms with Crippen molar-refractivity contribution in [1.29, 1.82) is 0 Å². The number of aromatic hydroxyl groups is 2. The van der Waals surface area contributed by atoms with Crippen LogP contribution in [0.25, 0.3) is 21.5 Å². The highest BCUT2D eigenvalue weighted by molar-refractivity contribution is 6.03. The first-order valence-corrected chi connectivity index (χ1v) is 5.30. The predicted octanol–water partition coefficient (Wildman–Crippen LogP) is 2.99. The van der Waals surface area contributed by atoms with Gasteiger partial charge in [0, 0.05) is 5.39 Å². The van der Waals surface area contributed by atoms with Crippen molar-refractivity contribution in [2.24, 2.45) is 0 Å². The fraction of sp³-hybridized carbons (Fsp3) is 0. The standard InChI is InChI=1S/C14H11NO2/c15-12-7-10-5-8-3-1-2-4-9(8)6-11(10)13(16)14(12)17/h1-7,16-17H,15H2. The lowest BCUT2D eigenvalue weighted by Gasteiger charge is -2.08. The van der Waals surface area contributed by atoms with Gasteiger partial charge in [-0.25, -0.2) is 0 Å². The first-order chi connectivity index (χ1) is 8.16. The van der Waals surface area contributed by atoms with Gasteiger partial charge in [-0.1, -0.05) is 24.3 Å². The van der Waals surface area contributed by atoms with Crippen LogP contribution in [0.1, 0.15) is 0 Å². The maximum absolute atomic E-state index is 9.87. The van der Waals surface area contributed by atoms with E-state index in [1.165, 1.54) is 0 Å². The molecule has 0 saturated heterocycles. The highest BCUT2D eigenvalue weighted by Crippen LogP contribution is 2.40. The second-order valence-corrected chi connectivity index (χ2v) is 4.08. The van der Waals surface area contributed by atoms with Crippen LogP contribution in [0.3, 0.4) is 0 Å². The average Bonchev–Trinajstić information content (AvgIpc) is 2.34. The van der Waals surface area contributed by atoms with E-state index in [4.69, 9.17) is 5.73 Å². The first-order valence-electron chi connectivity index (χ1n) is 5.30. The van der Waals surface area contributed by atoms with Crippen molar-refractivity contribution in [3.63, 3.8) is 0 Å². The maximum Gasteiger partial charge on any atom is 0.181 e. The van der Waals surface area contributed by atoms with E-state index in [-0.39, 0.29) is 17.2 Å². The Labute approximate surface area is 97.7 Å². The van der Waals surface area contributed by atoms with E-state index in [9.17, 15) is 10.2 Å². The molecular formula is C14H11NO2. The third-order valence-corrected chi connectivity index (χ3v) is 2.98. The summed E-state index contributed by atoms with van der Waals surface area (Å²) in [5, 5.41) is 23.0. The molecule has 0 unspecified atom stereocenters. The molecule has 4 N–H and O–H groups in total. The van der Waals surface area contributed by atoms with Crippen molar-refractivity contribution < 1.29 is 10.2 Å². The Bertz CT molecular complexity index is 735. The summed E-state index contributed by atoms with van der Waals surface area (Å²) in [6.45, 7) is 0. The summed E-state index contributed by atoms with van der Waals surface area (Å²) in [6, 6.07) is 13.3. The van der Waals surface area contributed by atoms with Crippen molar-refractivity contribution in [2.75, 3.05) is 5.73 Å². The van der Waals surface area contributed by atoms with E-state index < -0.39 is 0 Å². The number of phenols is 2. The molecule has 3 aromatic rings. The van der Waals surface area contributed by atoms with E-state index in [1.807, 2.05) is 36.4 Å². The van der Waals surface area contributed by atoms with Gasteiger partial charge in [0.2, 0.25) is 0 Å². The first kappa shape index (κ1) is 9.78. The number of fused-ring (bicyclic) bond motifs is 2. The lowest BCUT2D eigenvalue weighted by Crippen LogP contribution is -1.87. The Morgan fingerprint density at radius 2 is 1.41 bits per heavy atom. The Morgan fingerprint density at radius 3 is 2.12 bits per heavy atom. The van der Waals surface area contributed by atoms with E-state index in [1.54, 1.807) is 6.07 Å². The summed E-state index contributed by atoms with van der Waals surface area (Å²) in [6.07, 6.45) is 0. The molecule has 0 amide bonds. The van der Waals surface area contributed by atoms with Crippen LogP contribution in [-0.4, -0.2) is 10.2 Å². The molecular weight excluding hydrogens is 214 g/mol. The monoisotopic (exact) mass is 225 g/mol. The maximum atomic E-state index is 9.87. The van der Waals surface area contributed by atoms with E-state index >= 15 is 0 Å². The largest absolute Gasteiger partial charge is 0.504 e. The van der Waals surface area contributed by atoms with Crippen LogP contribution < -0.4 is 5.73 Å². The Kier molecular flexibility index (Phi) is 1.89. The number of rotatable bonds is 0. The number of nitrogens with two attached hydrogens (primary N) is 1. The summed E-state index contributed by atoms with van der Waals surface area (Å²) in [4.78, 5) is 0. The zero-order chi connectivity index (χ0) is 12.0. The van der Waals surface area contributed by atoms with Gasteiger partial charge >= 0.3 is 0 Å². The van der Waals surface area contributed by atoms with Crippen molar-refractivity contribution in [2.45, 2.75) is 0 Å². The summed E-state index contributed by atoms with van der Waals surface area (Å²) >= 11 is 0. The third kappa shape index (κ3) is 1.36. The third-order valence-electron chi connectivity index (χ3n) is 2.98. The van der Waals surface area contributed by atoms with E-state index in [0.717, 1.165) is 16.2 Å². The predicted molar refractivity (Wildman–Crippen MR) is 69.2 cm³/mol. The molecule has 3 rings (SSSR count). The average molecular weight is 225 g/mol. The molecule has 0 spiro atoms. The number of anilines is 1. The molecule has 0 aliphatic carbocycles.